The number of hydrogen-bond donors (Lipinski definition) is 0. The molecule has 0 unspecified atom stereocenters. The summed E-state index contributed by atoms with van der Waals surface area (Å²) in [4.78, 5) is 11.4. The van der Waals surface area contributed by atoms with Crippen LogP contribution in [0.15, 0.2) is 24.3 Å². The number of benzene rings is 1. The molecule has 1 aromatic carbocycles. The Labute approximate surface area is 83.2 Å². The van der Waals surface area contributed by atoms with Crippen LogP contribution in [0.25, 0.3) is 0 Å². The number of Topliss-reactive ketones (excluding diaryl/α,β-unsaturated/α-hetero) is 1. The Morgan fingerprint density at radius 3 is 2.21 bits per heavy atom. The summed E-state index contributed by atoms with van der Waals surface area (Å²) in [5.41, 5.74) is 1.50. The maximum Gasteiger partial charge on any atom is 0.150 e. The Bertz CT molecular complexity index is 403. The zero-order valence-corrected chi connectivity index (χ0v) is 8.08. The van der Waals surface area contributed by atoms with Gasteiger partial charge in [0.2, 0.25) is 0 Å². The topological polar surface area (TPSA) is 40.9 Å². The van der Waals surface area contributed by atoms with E-state index in [-0.39, 0.29) is 5.78 Å². The van der Waals surface area contributed by atoms with Crippen molar-refractivity contribution >= 4 is 5.78 Å². The highest BCUT2D eigenvalue weighted by atomic mass is 16.1. The van der Waals surface area contributed by atoms with Crippen molar-refractivity contribution in [2.24, 2.45) is 5.41 Å². The normalized spacial score (nSPS) is 17.1. The molecular formula is C12H11NO. The van der Waals surface area contributed by atoms with Crippen LogP contribution >= 0.6 is 0 Å². The van der Waals surface area contributed by atoms with Gasteiger partial charge in [0.25, 0.3) is 0 Å². The number of ketones is 1. The molecule has 2 heteroatoms. The molecule has 14 heavy (non-hydrogen) atoms. The molecule has 0 amide bonds. The maximum atomic E-state index is 11.4. The van der Waals surface area contributed by atoms with Gasteiger partial charge in [-0.1, -0.05) is 24.3 Å². The van der Waals surface area contributed by atoms with Crippen LogP contribution in [0.3, 0.4) is 0 Å². The van der Waals surface area contributed by atoms with Gasteiger partial charge in [0.05, 0.1) is 6.07 Å². The fraction of sp³-hybridized carbons (Fsp3) is 0.333. The van der Waals surface area contributed by atoms with Crippen LogP contribution in [0.4, 0.5) is 0 Å². The van der Waals surface area contributed by atoms with Crippen LogP contribution in [-0.4, -0.2) is 5.78 Å². The zero-order chi connectivity index (χ0) is 10.2. The lowest BCUT2D eigenvalue weighted by molar-refractivity contribution is -0.123. The molecule has 70 valence electrons. The second-order valence-electron chi connectivity index (χ2n) is 3.87. The molecule has 2 rings (SSSR count). The Kier molecular flexibility index (Phi) is 1.89. The van der Waals surface area contributed by atoms with Crippen molar-refractivity contribution in [3.8, 4) is 6.07 Å². The minimum absolute atomic E-state index is 0.0174. The fourth-order valence-electron chi connectivity index (χ4n) is 2.02. The van der Waals surface area contributed by atoms with E-state index in [4.69, 9.17) is 5.26 Å². The Hall–Kier alpha value is -1.62. The zero-order valence-electron chi connectivity index (χ0n) is 8.08. The van der Waals surface area contributed by atoms with Gasteiger partial charge < -0.3 is 0 Å². The van der Waals surface area contributed by atoms with Gasteiger partial charge in [0.1, 0.15) is 5.41 Å². The molecule has 0 spiro atoms. The Morgan fingerprint density at radius 2 is 1.86 bits per heavy atom. The second kappa shape index (κ2) is 2.95. The highest BCUT2D eigenvalue weighted by Gasteiger charge is 2.41. The third kappa shape index (κ3) is 1.13. The average molecular weight is 185 g/mol. The first kappa shape index (κ1) is 8.96. The first-order chi connectivity index (χ1) is 6.68. The van der Waals surface area contributed by atoms with Crippen molar-refractivity contribution in [3.05, 3.63) is 35.4 Å². The van der Waals surface area contributed by atoms with Crippen molar-refractivity contribution in [1.82, 2.24) is 0 Å². The molecule has 0 aliphatic heterocycles. The molecule has 0 N–H and O–H groups in total. The van der Waals surface area contributed by atoms with Crippen LogP contribution in [0, 0.1) is 16.7 Å². The minimum Gasteiger partial charge on any atom is -0.298 e. The van der Waals surface area contributed by atoms with Crippen LogP contribution in [0.5, 0.6) is 0 Å². The smallest absolute Gasteiger partial charge is 0.150 e. The number of nitriles is 1. The summed E-state index contributed by atoms with van der Waals surface area (Å²) in [7, 11) is 0. The maximum absolute atomic E-state index is 11.4. The molecule has 0 saturated heterocycles. The number of carbonyl (C=O) groups is 1. The lowest BCUT2D eigenvalue weighted by Crippen LogP contribution is -2.27. The van der Waals surface area contributed by atoms with E-state index >= 15 is 0 Å². The minimum atomic E-state index is -0.788. The Balaban J connectivity index is 2.44. The van der Waals surface area contributed by atoms with Crippen LogP contribution in [0.2, 0.25) is 0 Å². The summed E-state index contributed by atoms with van der Waals surface area (Å²) in [6.07, 6.45) is 1.16. The molecule has 1 aliphatic carbocycles. The second-order valence-corrected chi connectivity index (χ2v) is 3.87. The quantitative estimate of drug-likeness (QED) is 0.670. The highest BCUT2D eigenvalue weighted by molar-refractivity contribution is 5.87. The van der Waals surface area contributed by atoms with E-state index in [1.165, 1.54) is 6.92 Å². The predicted octanol–water partition coefficient (Wildman–Crippen LogP) is 1.88. The fourth-order valence-corrected chi connectivity index (χ4v) is 2.02. The Morgan fingerprint density at radius 1 is 1.36 bits per heavy atom. The van der Waals surface area contributed by atoms with E-state index in [0.717, 1.165) is 11.1 Å². The van der Waals surface area contributed by atoms with Crippen molar-refractivity contribution in [3.63, 3.8) is 0 Å². The van der Waals surface area contributed by atoms with Crippen molar-refractivity contribution in [2.45, 2.75) is 19.8 Å². The number of carbonyl (C=O) groups excluding carboxylic acids is 1. The molecular weight excluding hydrogens is 174 g/mol. The van der Waals surface area contributed by atoms with Gasteiger partial charge in [-0.25, -0.2) is 0 Å². The molecule has 2 nitrogen and oxygen atoms in total. The average Bonchev–Trinajstić information content (AvgIpc) is 2.57. The van der Waals surface area contributed by atoms with E-state index in [9.17, 15) is 4.79 Å². The van der Waals surface area contributed by atoms with Gasteiger partial charge in [-0.05, 0) is 30.9 Å². The summed E-state index contributed by atoms with van der Waals surface area (Å²) in [6.45, 7) is 1.51. The molecule has 0 saturated carbocycles. The largest absolute Gasteiger partial charge is 0.298 e. The summed E-state index contributed by atoms with van der Waals surface area (Å²) < 4.78 is 0. The van der Waals surface area contributed by atoms with Gasteiger partial charge in [-0.2, -0.15) is 5.26 Å². The van der Waals surface area contributed by atoms with Gasteiger partial charge in [0.15, 0.2) is 5.78 Å². The van der Waals surface area contributed by atoms with Gasteiger partial charge in [-0.15, -0.1) is 0 Å². The van der Waals surface area contributed by atoms with E-state index in [2.05, 4.69) is 6.07 Å². The number of fused-ring (bicyclic) bond motifs is 1. The standard InChI is InChI=1S/C12H11NO/c1-9(14)12(8-13)6-10-4-2-3-5-11(10)7-12/h2-5H,6-7H2,1H3. The van der Waals surface area contributed by atoms with Crippen LogP contribution in [0.1, 0.15) is 18.1 Å². The third-order valence-electron chi connectivity index (χ3n) is 2.99. The van der Waals surface area contributed by atoms with E-state index in [1.807, 2.05) is 24.3 Å². The van der Waals surface area contributed by atoms with Gasteiger partial charge >= 0.3 is 0 Å². The van der Waals surface area contributed by atoms with Crippen molar-refractivity contribution in [2.75, 3.05) is 0 Å². The summed E-state index contributed by atoms with van der Waals surface area (Å²) in [5.74, 6) is -0.0174. The molecule has 0 bridgehead atoms. The lowest BCUT2D eigenvalue weighted by Gasteiger charge is -2.14. The molecule has 0 aromatic heterocycles. The first-order valence-corrected chi connectivity index (χ1v) is 4.67. The number of rotatable bonds is 1. The van der Waals surface area contributed by atoms with Gasteiger partial charge in [-0.3, -0.25) is 4.79 Å². The summed E-state index contributed by atoms with van der Waals surface area (Å²) >= 11 is 0. The highest BCUT2D eigenvalue weighted by Crippen LogP contribution is 2.36. The summed E-state index contributed by atoms with van der Waals surface area (Å²) in [5, 5.41) is 9.09. The lowest BCUT2D eigenvalue weighted by atomic mass is 9.83. The van der Waals surface area contributed by atoms with Gasteiger partial charge in [0, 0.05) is 0 Å². The predicted molar refractivity (Wildman–Crippen MR) is 52.6 cm³/mol. The molecule has 0 heterocycles. The monoisotopic (exact) mass is 185 g/mol. The van der Waals surface area contributed by atoms with Crippen molar-refractivity contribution < 1.29 is 4.79 Å². The number of hydrogen-bond acceptors (Lipinski definition) is 2. The SMILES string of the molecule is CC(=O)C1(C#N)Cc2ccccc2C1. The van der Waals surface area contributed by atoms with Crippen LogP contribution in [-0.2, 0) is 17.6 Å². The first-order valence-electron chi connectivity index (χ1n) is 4.67. The molecule has 0 radical (unpaired) electrons. The summed E-state index contributed by atoms with van der Waals surface area (Å²) in [6, 6.07) is 10.1. The van der Waals surface area contributed by atoms with E-state index in [0.29, 0.717) is 12.8 Å². The van der Waals surface area contributed by atoms with Crippen LogP contribution < -0.4 is 0 Å². The third-order valence-corrected chi connectivity index (χ3v) is 2.99. The van der Waals surface area contributed by atoms with E-state index in [1.54, 1.807) is 0 Å². The van der Waals surface area contributed by atoms with Crippen molar-refractivity contribution in [1.29, 1.82) is 5.26 Å². The molecule has 0 fully saturated rings. The molecule has 0 atom stereocenters. The molecule has 1 aromatic rings. The molecule has 1 aliphatic rings. The van der Waals surface area contributed by atoms with E-state index < -0.39 is 5.41 Å². The number of nitrogens with zero attached hydrogens (tertiary/aromatic N) is 1.